The molecule has 0 bridgehead atoms. The lowest BCUT2D eigenvalue weighted by Gasteiger charge is -2.39. The van der Waals surface area contributed by atoms with Crippen LogP contribution >= 0.6 is 0 Å². The summed E-state index contributed by atoms with van der Waals surface area (Å²) in [6.45, 7) is 4.78. The Morgan fingerprint density at radius 3 is 2.70 bits per heavy atom. The summed E-state index contributed by atoms with van der Waals surface area (Å²) in [5.41, 5.74) is -0.825. The summed E-state index contributed by atoms with van der Waals surface area (Å²) in [5, 5.41) is 15.7. The van der Waals surface area contributed by atoms with Gasteiger partial charge in [0.15, 0.2) is 0 Å². The monoisotopic (exact) mass is 282 g/mol. The van der Waals surface area contributed by atoms with E-state index in [1.807, 2.05) is 0 Å². The summed E-state index contributed by atoms with van der Waals surface area (Å²) in [6, 6.07) is -0.418. The van der Waals surface area contributed by atoms with Crippen LogP contribution in [0, 0.1) is 11.3 Å². The zero-order valence-corrected chi connectivity index (χ0v) is 12.4. The van der Waals surface area contributed by atoms with Crippen LogP contribution in [0.15, 0.2) is 0 Å². The van der Waals surface area contributed by atoms with Gasteiger partial charge < -0.3 is 15.7 Å². The maximum absolute atomic E-state index is 12.4. The molecule has 5 nitrogen and oxygen atoms in total. The molecule has 0 aromatic rings. The smallest absolute Gasteiger partial charge is 0.311 e. The average molecular weight is 282 g/mol. The lowest BCUT2D eigenvalue weighted by Crippen LogP contribution is -2.57. The Morgan fingerprint density at radius 2 is 2.05 bits per heavy atom. The number of rotatable bonds is 3. The van der Waals surface area contributed by atoms with Gasteiger partial charge in [0.25, 0.3) is 0 Å². The van der Waals surface area contributed by atoms with E-state index in [0.717, 1.165) is 38.6 Å². The fourth-order valence-electron chi connectivity index (χ4n) is 3.40. The van der Waals surface area contributed by atoms with Crippen molar-refractivity contribution in [2.75, 3.05) is 6.54 Å². The van der Waals surface area contributed by atoms with Crippen molar-refractivity contribution in [3.63, 3.8) is 0 Å². The summed E-state index contributed by atoms with van der Waals surface area (Å²) < 4.78 is 0. The molecule has 3 N–H and O–H groups in total. The molecule has 4 atom stereocenters. The molecule has 1 amide bonds. The molecule has 1 aliphatic carbocycles. The van der Waals surface area contributed by atoms with Crippen LogP contribution < -0.4 is 10.6 Å². The number of carboxylic acid groups (broad SMARTS) is 1. The van der Waals surface area contributed by atoms with Crippen molar-refractivity contribution < 1.29 is 14.7 Å². The highest BCUT2D eigenvalue weighted by atomic mass is 16.4. The third-order valence-corrected chi connectivity index (χ3v) is 5.00. The van der Waals surface area contributed by atoms with Crippen LogP contribution in [0.4, 0.5) is 0 Å². The van der Waals surface area contributed by atoms with Gasteiger partial charge in [0, 0.05) is 6.04 Å². The molecule has 4 unspecified atom stereocenters. The molecule has 0 spiro atoms. The lowest BCUT2D eigenvalue weighted by molar-refractivity contribution is -0.152. The van der Waals surface area contributed by atoms with Crippen molar-refractivity contribution in [3.05, 3.63) is 0 Å². The number of hydrogen-bond acceptors (Lipinski definition) is 3. The Bertz CT molecular complexity index is 385. The first-order valence-electron chi connectivity index (χ1n) is 7.70. The highest BCUT2D eigenvalue weighted by molar-refractivity contribution is 5.83. The topological polar surface area (TPSA) is 78.4 Å². The van der Waals surface area contributed by atoms with Crippen LogP contribution in [-0.2, 0) is 9.59 Å². The number of hydrogen-bond donors (Lipinski definition) is 3. The van der Waals surface area contributed by atoms with Gasteiger partial charge in [-0.1, -0.05) is 19.8 Å². The van der Waals surface area contributed by atoms with Crippen LogP contribution in [0.3, 0.4) is 0 Å². The number of nitrogens with one attached hydrogen (secondary N) is 2. The van der Waals surface area contributed by atoms with Gasteiger partial charge in [-0.15, -0.1) is 0 Å². The molecule has 20 heavy (non-hydrogen) atoms. The zero-order chi connectivity index (χ0) is 14.8. The summed E-state index contributed by atoms with van der Waals surface area (Å²) in [6.07, 6.45) is 5.25. The van der Waals surface area contributed by atoms with E-state index in [2.05, 4.69) is 17.6 Å². The van der Waals surface area contributed by atoms with Crippen molar-refractivity contribution in [1.29, 1.82) is 0 Å². The molecule has 1 saturated heterocycles. The highest BCUT2D eigenvalue weighted by Gasteiger charge is 2.44. The predicted octanol–water partition coefficient (Wildman–Crippen LogP) is 1.52. The van der Waals surface area contributed by atoms with Gasteiger partial charge in [0.1, 0.15) is 0 Å². The second-order valence-electron chi connectivity index (χ2n) is 6.67. The minimum absolute atomic E-state index is 0.0316. The van der Waals surface area contributed by atoms with Crippen LogP contribution in [0.2, 0.25) is 0 Å². The Kier molecular flexibility index (Phi) is 4.68. The minimum Gasteiger partial charge on any atom is -0.481 e. The second-order valence-corrected chi connectivity index (χ2v) is 6.67. The van der Waals surface area contributed by atoms with E-state index in [-0.39, 0.29) is 18.0 Å². The molecule has 0 radical (unpaired) electrons. The number of carbonyl (C=O) groups excluding carboxylic acids is 1. The van der Waals surface area contributed by atoms with Gasteiger partial charge in [-0.3, -0.25) is 9.59 Å². The van der Waals surface area contributed by atoms with Crippen molar-refractivity contribution in [2.24, 2.45) is 11.3 Å². The van der Waals surface area contributed by atoms with E-state index in [1.54, 1.807) is 6.92 Å². The Labute approximate surface area is 120 Å². The fraction of sp³-hybridized carbons (Fsp3) is 0.867. The van der Waals surface area contributed by atoms with Gasteiger partial charge in [-0.05, 0) is 45.1 Å². The van der Waals surface area contributed by atoms with Crippen LogP contribution in [0.5, 0.6) is 0 Å². The summed E-state index contributed by atoms with van der Waals surface area (Å²) >= 11 is 0. The van der Waals surface area contributed by atoms with Crippen molar-refractivity contribution in [3.8, 4) is 0 Å². The van der Waals surface area contributed by atoms with E-state index in [0.29, 0.717) is 12.3 Å². The summed E-state index contributed by atoms with van der Waals surface area (Å²) in [4.78, 5) is 23.9. The van der Waals surface area contributed by atoms with Crippen molar-refractivity contribution in [1.82, 2.24) is 10.6 Å². The Hall–Kier alpha value is -1.10. The third kappa shape index (κ3) is 3.14. The quantitative estimate of drug-likeness (QED) is 0.733. The largest absolute Gasteiger partial charge is 0.481 e. The molecule has 1 heterocycles. The first-order chi connectivity index (χ1) is 9.43. The molecule has 2 aliphatic rings. The second kappa shape index (κ2) is 6.12. The number of carbonyl (C=O) groups is 2. The average Bonchev–Trinajstić information content (AvgIpc) is 2.41. The lowest BCUT2D eigenvalue weighted by atomic mass is 9.71. The molecule has 1 aliphatic heterocycles. The normalized spacial score (nSPS) is 38.2. The number of carboxylic acids is 1. The summed E-state index contributed by atoms with van der Waals surface area (Å²) in [7, 11) is 0. The molecule has 2 fully saturated rings. The number of amides is 1. The van der Waals surface area contributed by atoms with Crippen LogP contribution in [0.1, 0.15) is 52.4 Å². The van der Waals surface area contributed by atoms with Crippen LogP contribution in [0.25, 0.3) is 0 Å². The van der Waals surface area contributed by atoms with E-state index in [9.17, 15) is 14.7 Å². The third-order valence-electron chi connectivity index (χ3n) is 5.00. The SMILES string of the molecule is CC1CCNC(C(=O)NC2CCCCC2(C)C(=O)O)C1. The molecule has 2 rings (SSSR count). The maximum atomic E-state index is 12.4. The standard InChI is InChI=1S/C15H26N2O3/c1-10-6-8-16-11(9-10)13(18)17-12-5-3-4-7-15(12,2)14(19)20/h10-12,16H,3-9H2,1-2H3,(H,17,18)(H,19,20). The van der Waals surface area contributed by atoms with E-state index in [4.69, 9.17) is 0 Å². The molecule has 114 valence electrons. The summed E-state index contributed by atoms with van der Waals surface area (Å²) in [5.74, 6) is -0.285. The van der Waals surface area contributed by atoms with Gasteiger partial charge in [0.2, 0.25) is 5.91 Å². The van der Waals surface area contributed by atoms with Crippen LogP contribution in [-0.4, -0.2) is 35.6 Å². The minimum atomic E-state index is -0.825. The first-order valence-corrected chi connectivity index (χ1v) is 7.70. The number of piperidine rings is 1. The Morgan fingerprint density at radius 1 is 1.30 bits per heavy atom. The van der Waals surface area contributed by atoms with E-state index in [1.165, 1.54) is 0 Å². The highest BCUT2D eigenvalue weighted by Crippen LogP contribution is 2.36. The van der Waals surface area contributed by atoms with Crippen molar-refractivity contribution in [2.45, 2.75) is 64.5 Å². The van der Waals surface area contributed by atoms with E-state index < -0.39 is 11.4 Å². The molecule has 5 heteroatoms. The molecular weight excluding hydrogens is 256 g/mol. The molecule has 1 saturated carbocycles. The predicted molar refractivity (Wildman–Crippen MR) is 76.3 cm³/mol. The van der Waals surface area contributed by atoms with Gasteiger partial charge in [-0.25, -0.2) is 0 Å². The first kappa shape index (κ1) is 15.3. The van der Waals surface area contributed by atoms with Gasteiger partial charge in [0.05, 0.1) is 11.5 Å². The fourth-order valence-corrected chi connectivity index (χ4v) is 3.40. The Balaban J connectivity index is 1.99. The van der Waals surface area contributed by atoms with E-state index >= 15 is 0 Å². The maximum Gasteiger partial charge on any atom is 0.311 e. The zero-order valence-electron chi connectivity index (χ0n) is 12.4. The van der Waals surface area contributed by atoms with Gasteiger partial charge >= 0.3 is 5.97 Å². The molecule has 0 aromatic carbocycles. The van der Waals surface area contributed by atoms with Gasteiger partial charge in [-0.2, -0.15) is 0 Å². The van der Waals surface area contributed by atoms with Crippen molar-refractivity contribution >= 4 is 11.9 Å². The number of aliphatic carboxylic acids is 1. The molecule has 0 aromatic heterocycles. The molecular formula is C15H26N2O3.